The fourth-order valence-electron chi connectivity index (χ4n) is 1.28. The third-order valence-corrected chi connectivity index (χ3v) is 2.98. The predicted octanol–water partition coefficient (Wildman–Crippen LogP) is 4.04. The highest BCUT2D eigenvalue weighted by atomic mass is 32.2. The molecule has 0 N–H and O–H groups in total. The van der Waals surface area contributed by atoms with E-state index in [0.717, 1.165) is 26.7 Å². The van der Waals surface area contributed by atoms with Gasteiger partial charge in [-0.2, -0.15) is 18.3 Å². The quantitative estimate of drug-likeness (QED) is 0.783. The average molecular weight is 270 g/mol. The minimum atomic E-state index is -4.44. The van der Waals surface area contributed by atoms with Gasteiger partial charge in [0.15, 0.2) is 5.70 Å². The average Bonchev–Trinajstić information content (AvgIpc) is 2.82. The molecule has 18 heavy (non-hydrogen) atoms. The van der Waals surface area contributed by atoms with Crippen molar-refractivity contribution in [2.75, 3.05) is 0 Å². The van der Waals surface area contributed by atoms with Crippen LogP contribution < -0.4 is 0 Å². The lowest BCUT2D eigenvalue weighted by Gasteiger charge is -2.11. The van der Waals surface area contributed by atoms with Crippen molar-refractivity contribution < 1.29 is 13.2 Å². The van der Waals surface area contributed by atoms with E-state index in [4.69, 9.17) is 0 Å². The Balaban J connectivity index is 2.25. The van der Waals surface area contributed by atoms with Gasteiger partial charge in [-0.15, -0.1) is 0 Å². The molecule has 0 aliphatic carbocycles. The van der Waals surface area contributed by atoms with E-state index in [1.54, 1.807) is 24.3 Å². The van der Waals surface area contributed by atoms with E-state index in [1.165, 1.54) is 18.5 Å². The summed E-state index contributed by atoms with van der Waals surface area (Å²) in [7, 11) is 0. The molecule has 6 heteroatoms. The Morgan fingerprint density at radius 3 is 2.44 bits per heavy atom. The molecule has 0 saturated heterocycles. The van der Waals surface area contributed by atoms with E-state index in [-0.39, 0.29) is 0 Å². The van der Waals surface area contributed by atoms with Gasteiger partial charge in [-0.05, 0) is 18.2 Å². The Labute approximate surface area is 106 Å². The summed E-state index contributed by atoms with van der Waals surface area (Å²) < 4.78 is 39.3. The molecule has 0 amide bonds. The number of benzene rings is 1. The van der Waals surface area contributed by atoms with Crippen molar-refractivity contribution in [3.8, 4) is 0 Å². The van der Waals surface area contributed by atoms with Crippen LogP contribution in [0.1, 0.15) is 0 Å². The molecule has 94 valence electrons. The predicted molar refractivity (Wildman–Crippen MR) is 64.9 cm³/mol. The third kappa shape index (κ3) is 3.16. The zero-order chi connectivity index (χ0) is 13.0. The summed E-state index contributed by atoms with van der Waals surface area (Å²) in [5.74, 6) is 0. The Morgan fingerprint density at radius 1 is 1.17 bits per heavy atom. The summed E-state index contributed by atoms with van der Waals surface area (Å²) in [6, 6.07) is 10.3. The van der Waals surface area contributed by atoms with Gasteiger partial charge in [-0.25, -0.2) is 4.68 Å². The van der Waals surface area contributed by atoms with Crippen LogP contribution in [0.4, 0.5) is 13.2 Å². The molecule has 2 nitrogen and oxygen atoms in total. The van der Waals surface area contributed by atoms with Crippen LogP contribution in [-0.4, -0.2) is 16.0 Å². The highest BCUT2D eigenvalue weighted by Crippen LogP contribution is 2.32. The first-order valence-electron chi connectivity index (χ1n) is 5.06. The zero-order valence-electron chi connectivity index (χ0n) is 9.13. The number of hydrogen-bond donors (Lipinski definition) is 0. The molecular weight excluding hydrogens is 261 g/mol. The van der Waals surface area contributed by atoms with Gasteiger partial charge in [0.1, 0.15) is 0 Å². The number of thioether (sulfide) groups is 1. The van der Waals surface area contributed by atoms with Gasteiger partial charge >= 0.3 is 6.18 Å². The molecule has 0 bridgehead atoms. The maximum Gasteiger partial charge on any atom is 0.433 e. The van der Waals surface area contributed by atoms with Crippen LogP contribution in [0, 0.1) is 0 Å². The van der Waals surface area contributed by atoms with E-state index in [0.29, 0.717) is 0 Å². The lowest BCUT2D eigenvalue weighted by Crippen LogP contribution is -2.16. The van der Waals surface area contributed by atoms with E-state index in [9.17, 15) is 13.2 Å². The van der Waals surface area contributed by atoms with Gasteiger partial charge in [0.2, 0.25) is 0 Å². The van der Waals surface area contributed by atoms with Crippen molar-refractivity contribution in [3.63, 3.8) is 0 Å². The number of nitrogens with zero attached hydrogens (tertiary/aromatic N) is 2. The molecule has 0 saturated carbocycles. The van der Waals surface area contributed by atoms with Gasteiger partial charge in [0.05, 0.1) is 0 Å². The van der Waals surface area contributed by atoms with Crippen LogP contribution in [-0.2, 0) is 0 Å². The molecule has 1 aromatic carbocycles. The van der Waals surface area contributed by atoms with Crippen LogP contribution in [0.25, 0.3) is 5.70 Å². The van der Waals surface area contributed by atoms with Crippen molar-refractivity contribution in [2.24, 2.45) is 0 Å². The Morgan fingerprint density at radius 2 is 1.89 bits per heavy atom. The second-order valence-corrected chi connectivity index (χ2v) is 4.33. The van der Waals surface area contributed by atoms with E-state index >= 15 is 0 Å². The fraction of sp³-hybridized carbons (Fsp3) is 0.0833. The summed E-state index contributed by atoms with van der Waals surface area (Å²) in [6.45, 7) is 0. The number of aromatic nitrogens is 2. The Hall–Kier alpha value is -1.69. The maximum absolute atomic E-state index is 12.8. The number of alkyl halides is 3. The first kappa shape index (κ1) is 12.8. The van der Waals surface area contributed by atoms with Gasteiger partial charge in [-0.3, -0.25) is 0 Å². The number of hydrogen-bond acceptors (Lipinski definition) is 2. The van der Waals surface area contributed by atoms with Gasteiger partial charge in [0.25, 0.3) is 0 Å². The summed E-state index contributed by atoms with van der Waals surface area (Å²) in [4.78, 5) is 0.742. The lowest BCUT2D eigenvalue weighted by atomic mass is 10.4. The van der Waals surface area contributed by atoms with Crippen molar-refractivity contribution in [1.82, 2.24) is 9.78 Å². The topological polar surface area (TPSA) is 17.8 Å². The monoisotopic (exact) mass is 270 g/mol. The van der Waals surface area contributed by atoms with E-state index in [1.807, 2.05) is 6.07 Å². The van der Waals surface area contributed by atoms with Gasteiger partial charge in [-0.1, -0.05) is 30.0 Å². The lowest BCUT2D eigenvalue weighted by molar-refractivity contribution is -0.0742. The van der Waals surface area contributed by atoms with E-state index in [2.05, 4.69) is 5.10 Å². The SMILES string of the molecule is FC(F)(F)/C(=C/Sc1ccccc1)n1cccn1. The van der Waals surface area contributed by atoms with Crippen molar-refractivity contribution in [2.45, 2.75) is 11.1 Å². The van der Waals surface area contributed by atoms with Gasteiger partial charge < -0.3 is 0 Å². The highest BCUT2D eigenvalue weighted by Gasteiger charge is 2.35. The van der Waals surface area contributed by atoms with Crippen LogP contribution in [0.5, 0.6) is 0 Å². The Bertz CT molecular complexity index is 518. The molecule has 1 aromatic heterocycles. The van der Waals surface area contributed by atoms with Crippen molar-refractivity contribution in [1.29, 1.82) is 0 Å². The summed E-state index contributed by atoms with van der Waals surface area (Å²) >= 11 is 1.01. The number of halogens is 3. The molecule has 0 fully saturated rings. The molecular formula is C12H9F3N2S. The van der Waals surface area contributed by atoms with Crippen LogP contribution >= 0.6 is 11.8 Å². The minimum absolute atomic E-state index is 0.742. The second kappa shape index (κ2) is 5.30. The molecule has 0 atom stereocenters. The normalized spacial score (nSPS) is 12.7. The van der Waals surface area contributed by atoms with Crippen LogP contribution in [0.2, 0.25) is 0 Å². The molecule has 2 aromatic rings. The van der Waals surface area contributed by atoms with Gasteiger partial charge in [0, 0.05) is 22.7 Å². The fourth-order valence-corrected chi connectivity index (χ4v) is 2.09. The number of rotatable bonds is 3. The molecule has 0 spiro atoms. The maximum atomic E-state index is 12.8. The van der Waals surface area contributed by atoms with Crippen molar-refractivity contribution >= 4 is 17.5 Å². The van der Waals surface area contributed by atoms with Crippen molar-refractivity contribution in [3.05, 3.63) is 54.2 Å². The Kier molecular flexibility index (Phi) is 3.76. The molecule has 0 radical (unpaired) electrons. The largest absolute Gasteiger partial charge is 0.433 e. The smallest absolute Gasteiger partial charge is 0.235 e. The molecule has 0 unspecified atom stereocenters. The first-order chi connectivity index (χ1) is 8.57. The molecule has 1 heterocycles. The van der Waals surface area contributed by atoms with Crippen LogP contribution in [0.3, 0.4) is 0 Å². The minimum Gasteiger partial charge on any atom is -0.235 e. The first-order valence-corrected chi connectivity index (χ1v) is 5.94. The summed E-state index contributed by atoms with van der Waals surface area (Å²) in [6.07, 6.45) is -1.86. The standard InChI is InChI=1S/C12H9F3N2S/c13-12(14,15)11(17-8-4-7-16-17)9-18-10-5-2-1-3-6-10/h1-9H/b11-9-. The highest BCUT2D eigenvalue weighted by molar-refractivity contribution is 8.02. The summed E-state index contributed by atoms with van der Waals surface area (Å²) in [5, 5.41) is 4.67. The van der Waals surface area contributed by atoms with E-state index < -0.39 is 11.9 Å². The summed E-state index contributed by atoms with van der Waals surface area (Å²) in [5.41, 5.74) is -0.804. The number of allylic oxidation sites excluding steroid dienone is 1. The zero-order valence-corrected chi connectivity index (χ0v) is 9.95. The van der Waals surface area contributed by atoms with Crippen LogP contribution in [0.15, 0.2) is 59.1 Å². The molecule has 2 rings (SSSR count). The third-order valence-electron chi connectivity index (χ3n) is 2.09. The molecule has 0 aliphatic heterocycles. The molecule has 0 aliphatic rings. The second-order valence-electron chi connectivity index (χ2n) is 3.38.